The number of rotatable bonds is 9. The average Bonchev–Trinajstić information content (AvgIpc) is 3.32. The second-order valence-electron chi connectivity index (χ2n) is 6.47. The van der Waals surface area contributed by atoms with Crippen LogP contribution in [0.2, 0.25) is 0 Å². The first-order valence-corrected chi connectivity index (χ1v) is 9.34. The van der Waals surface area contributed by atoms with Crippen molar-refractivity contribution in [1.29, 1.82) is 0 Å². The Morgan fingerprint density at radius 3 is 2.27 bits per heavy atom. The number of amides is 1. The zero-order valence-corrected chi connectivity index (χ0v) is 16.4. The normalized spacial score (nSPS) is 11.4. The van der Waals surface area contributed by atoms with Crippen molar-refractivity contribution < 1.29 is 28.3 Å². The number of carbonyl (C=O) groups excluding carboxylic acids is 3. The summed E-state index contributed by atoms with van der Waals surface area (Å²) in [5.74, 6) is -0.215. The van der Waals surface area contributed by atoms with Crippen LogP contribution in [0.3, 0.4) is 0 Å². The third-order valence-corrected chi connectivity index (χ3v) is 4.22. The van der Waals surface area contributed by atoms with E-state index in [2.05, 4.69) is 5.32 Å². The van der Waals surface area contributed by atoms with Gasteiger partial charge in [-0.3, -0.25) is 9.59 Å². The largest absolute Gasteiger partial charge is 0.482 e. The fourth-order valence-electron chi connectivity index (χ4n) is 2.68. The zero-order chi connectivity index (χ0) is 21.3. The molecule has 154 valence electrons. The van der Waals surface area contributed by atoms with Gasteiger partial charge in [0.25, 0.3) is 5.91 Å². The molecule has 0 bridgehead atoms. The van der Waals surface area contributed by atoms with Gasteiger partial charge in [-0.2, -0.15) is 0 Å². The van der Waals surface area contributed by atoms with Crippen LogP contribution in [0.4, 0.5) is 0 Å². The Morgan fingerprint density at radius 2 is 1.60 bits per heavy atom. The molecule has 0 saturated heterocycles. The fraction of sp³-hybridized carbons (Fsp3) is 0.174. The van der Waals surface area contributed by atoms with Crippen LogP contribution in [0.15, 0.2) is 77.4 Å². The quantitative estimate of drug-likeness (QED) is 0.432. The van der Waals surface area contributed by atoms with Gasteiger partial charge >= 0.3 is 5.97 Å². The standard InChI is InChI=1S/C23H21NO6/c1-16(20-8-5-13-28-20)24-21(25)14-30-22(26)15-29-19-11-9-18(10-12-19)23(27)17-6-3-2-4-7-17/h2-13,16H,14-15H2,1H3,(H,24,25)/t16-/m0/s1. The molecule has 0 saturated carbocycles. The van der Waals surface area contributed by atoms with Crippen molar-refractivity contribution in [1.82, 2.24) is 5.32 Å². The molecule has 2 aromatic carbocycles. The van der Waals surface area contributed by atoms with E-state index in [1.54, 1.807) is 67.6 Å². The minimum atomic E-state index is -0.680. The maximum atomic E-state index is 12.4. The Bertz CT molecular complexity index is 980. The lowest BCUT2D eigenvalue weighted by molar-refractivity contribution is -0.150. The Hall–Kier alpha value is -3.87. The van der Waals surface area contributed by atoms with E-state index in [-0.39, 0.29) is 18.4 Å². The summed E-state index contributed by atoms with van der Waals surface area (Å²) in [6, 6.07) is 18.5. The van der Waals surface area contributed by atoms with E-state index in [1.165, 1.54) is 6.26 Å². The Kier molecular flexibility index (Phi) is 7.00. The molecule has 1 amide bonds. The molecule has 0 unspecified atom stereocenters. The van der Waals surface area contributed by atoms with E-state index in [0.29, 0.717) is 22.6 Å². The van der Waals surface area contributed by atoms with Gasteiger partial charge in [0.05, 0.1) is 12.3 Å². The molecule has 7 heteroatoms. The number of furan rings is 1. The van der Waals surface area contributed by atoms with Crippen LogP contribution in [0, 0.1) is 0 Å². The number of hydrogen-bond donors (Lipinski definition) is 1. The molecule has 0 aliphatic heterocycles. The van der Waals surface area contributed by atoms with Crippen molar-refractivity contribution in [2.24, 2.45) is 0 Å². The third kappa shape index (κ3) is 5.81. The first kappa shape index (κ1) is 20.9. The maximum absolute atomic E-state index is 12.4. The molecule has 0 fully saturated rings. The number of nitrogens with one attached hydrogen (secondary N) is 1. The number of carbonyl (C=O) groups is 3. The minimum absolute atomic E-state index is 0.101. The van der Waals surface area contributed by atoms with Crippen LogP contribution >= 0.6 is 0 Å². The molecule has 1 atom stereocenters. The summed E-state index contributed by atoms with van der Waals surface area (Å²) in [5, 5.41) is 2.66. The van der Waals surface area contributed by atoms with Gasteiger partial charge in [0.2, 0.25) is 0 Å². The van der Waals surface area contributed by atoms with Crippen LogP contribution in [0.1, 0.15) is 34.6 Å². The molecule has 0 radical (unpaired) electrons. The second-order valence-corrected chi connectivity index (χ2v) is 6.47. The van der Waals surface area contributed by atoms with Gasteiger partial charge in [0.15, 0.2) is 19.0 Å². The van der Waals surface area contributed by atoms with Crippen LogP contribution in [0.25, 0.3) is 0 Å². The molecule has 0 spiro atoms. The van der Waals surface area contributed by atoms with Crippen molar-refractivity contribution in [3.63, 3.8) is 0 Å². The highest BCUT2D eigenvalue weighted by atomic mass is 16.6. The summed E-state index contributed by atoms with van der Waals surface area (Å²) in [6.07, 6.45) is 1.51. The average molecular weight is 407 g/mol. The van der Waals surface area contributed by atoms with E-state index >= 15 is 0 Å². The second kappa shape index (κ2) is 10.1. The van der Waals surface area contributed by atoms with Gasteiger partial charge in [0.1, 0.15) is 11.5 Å². The lowest BCUT2D eigenvalue weighted by atomic mass is 10.0. The topological polar surface area (TPSA) is 94.8 Å². The van der Waals surface area contributed by atoms with E-state index in [4.69, 9.17) is 13.9 Å². The van der Waals surface area contributed by atoms with Crippen molar-refractivity contribution in [2.75, 3.05) is 13.2 Å². The van der Waals surface area contributed by atoms with Gasteiger partial charge in [-0.25, -0.2) is 4.79 Å². The fourth-order valence-corrected chi connectivity index (χ4v) is 2.68. The Morgan fingerprint density at radius 1 is 0.900 bits per heavy atom. The highest BCUT2D eigenvalue weighted by Gasteiger charge is 2.14. The lowest BCUT2D eigenvalue weighted by Crippen LogP contribution is -2.31. The molecule has 0 aliphatic rings. The molecule has 30 heavy (non-hydrogen) atoms. The monoisotopic (exact) mass is 407 g/mol. The first-order chi connectivity index (χ1) is 14.5. The molecular weight excluding hydrogens is 386 g/mol. The molecule has 7 nitrogen and oxygen atoms in total. The summed E-state index contributed by atoms with van der Waals surface area (Å²) >= 11 is 0. The number of esters is 1. The van der Waals surface area contributed by atoms with Crippen molar-refractivity contribution in [3.8, 4) is 5.75 Å². The SMILES string of the molecule is C[C@H](NC(=O)COC(=O)COc1ccc(C(=O)c2ccccc2)cc1)c1ccco1. The molecule has 3 rings (SSSR count). The van der Waals surface area contributed by atoms with Crippen molar-refractivity contribution in [2.45, 2.75) is 13.0 Å². The molecule has 1 aromatic heterocycles. The number of ketones is 1. The number of benzene rings is 2. The van der Waals surface area contributed by atoms with Gasteiger partial charge < -0.3 is 19.2 Å². The van der Waals surface area contributed by atoms with Crippen molar-refractivity contribution >= 4 is 17.7 Å². The van der Waals surface area contributed by atoms with Crippen LogP contribution < -0.4 is 10.1 Å². The first-order valence-electron chi connectivity index (χ1n) is 9.34. The summed E-state index contributed by atoms with van der Waals surface area (Å²) in [4.78, 5) is 36.0. The van der Waals surface area contributed by atoms with Crippen LogP contribution in [-0.2, 0) is 14.3 Å². The van der Waals surface area contributed by atoms with Crippen LogP contribution in [0.5, 0.6) is 5.75 Å². The summed E-state index contributed by atoms with van der Waals surface area (Å²) in [6.45, 7) is 0.985. The van der Waals surface area contributed by atoms with Gasteiger partial charge in [-0.15, -0.1) is 0 Å². The van der Waals surface area contributed by atoms with Crippen molar-refractivity contribution in [3.05, 3.63) is 89.9 Å². The number of hydrogen-bond acceptors (Lipinski definition) is 6. The Balaban J connectivity index is 1.41. The lowest BCUT2D eigenvalue weighted by Gasteiger charge is -2.12. The van der Waals surface area contributed by atoms with Gasteiger partial charge in [-0.05, 0) is 43.3 Å². The van der Waals surface area contributed by atoms with E-state index in [9.17, 15) is 14.4 Å². The van der Waals surface area contributed by atoms with Crippen LogP contribution in [-0.4, -0.2) is 30.9 Å². The number of ether oxygens (including phenoxy) is 2. The van der Waals surface area contributed by atoms with E-state index in [1.807, 2.05) is 6.07 Å². The van der Waals surface area contributed by atoms with E-state index < -0.39 is 18.5 Å². The summed E-state index contributed by atoms with van der Waals surface area (Å²) in [7, 11) is 0. The highest BCUT2D eigenvalue weighted by Crippen LogP contribution is 2.16. The molecular formula is C23H21NO6. The molecule has 1 N–H and O–H groups in total. The molecule has 0 aliphatic carbocycles. The molecule has 3 aromatic rings. The van der Waals surface area contributed by atoms with Gasteiger partial charge in [-0.1, -0.05) is 30.3 Å². The third-order valence-electron chi connectivity index (χ3n) is 4.22. The minimum Gasteiger partial charge on any atom is -0.482 e. The summed E-state index contributed by atoms with van der Waals surface area (Å²) < 4.78 is 15.4. The van der Waals surface area contributed by atoms with Gasteiger partial charge in [0, 0.05) is 11.1 Å². The highest BCUT2D eigenvalue weighted by molar-refractivity contribution is 6.08. The van der Waals surface area contributed by atoms with E-state index in [0.717, 1.165) is 0 Å². The zero-order valence-electron chi connectivity index (χ0n) is 16.4. The Labute approximate surface area is 173 Å². The summed E-state index contributed by atoms with van der Waals surface area (Å²) in [5.41, 5.74) is 1.10. The predicted molar refractivity (Wildman–Crippen MR) is 108 cm³/mol. The molecule has 1 heterocycles. The maximum Gasteiger partial charge on any atom is 0.344 e. The smallest absolute Gasteiger partial charge is 0.344 e. The predicted octanol–water partition coefficient (Wildman–Crippen LogP) is 3.31.